The molecule has 0 amide bonds. The van der Waals surface area contributed by atoms with Gasteiger partial charge in [-0.3, -0.25) is 4.90 Å². The Hall–Kier alpha value is -2.69. The molecule has 140 valence electrons. The fraction of sp³-hybridized carbons (Fsp3) is 0.208. The van der Waals surface area contributed by atoms with E-state index < -0.39 is 0 Å². The summed E-state index contributed by atoms with van der Waals surface area (Å²) < 4.78 is 7.26. The van der Waals surface area contributed by atoms with Crippen molar-refractivity contribution >= 4 is 21.6 Å². The van der Waals surface area contributed by atoms with Gasteiger partial charge in [-0.2, -0.15) is 0 Å². The molecule has 1 aliphatic rings. The van der Waals surface area contributed by atoms with Gasteiger partial charge in [0.15, 0.2) is 0 Å². The maximum Gasteiger partial charge on any atom is 0.127 e. The first-order valence-corrected chi connectivity index (χ1v) is 10.6. The van der Waals surface area contributed by atoms with Gasteiger partial charge in [0.05, 0.1) is 15.7 Å². The zero-order chi connectivity index (χ0) is 18.9. The van der Waals surface area contributed by atoms with E-state index in [4.69, 9.17) is 4.74 Å². The summed E-state index contributed by atoms with van der Waals surface area (Å²) in [6.07, 6.45) is 1.05. The Morgan fingerprint density at radius 3 is 2.75 bits per heavy atom. The number of benzene rings is 3. The molecule has 4 heteroatoms. The molecule has 1 atom stereocenters. The Kier molecular flexibility index (Phi) is 4.59. The molecule has 3 nitrogen and oxygen atoms in total. The fourth-order valence-corrected chi connectivity index (χ4v) is 4.57. The van der Waals surface area contributed by atoms with Crippen molar-refractivity contribution in [3.63, 3.8) is 0 Å². The fourth-order valence-electron chi connectivity index (χ4n) is 3.92. The second-order valence-electron chi connectivity index (χ2n) is 7.32. The van der Waals surface area contributed by atoms with Crippen LogP contribution in [0.1, 0.15) is 29.7 Å². The Morgan fingerprint density at radius 1 is 0.964 bits per heavy atom. The third-order valence-electron chi connectivity index (χ3n) is 5.58. The summed E-state index contributed by atoms with van der Waals surface area (Å²) in [6.45, 7) is 4.32. The quantitative estimate of drug-likeness (QED) is 0.417. The van der Waals surface area contributed by atoms with Crippen LogP contribution in [0, 0.1) is 0 Å². The van der Waals surface area contributed by atoms with Crippen LogP contribution in [-0.2, 0) is 13.0 Å². The van der Waals surface area contributed by atoms with Crippen molar-refractivity contribution in [2.75, 3.05) is 6.54 Å². The maximum atomic E-state index is 6.00. The number of nitrogens with zero attached hydrogens (tertiary/aromatic N) is 2. The van der Waals surface area contributed by atoms with Crippen molar-refractivity contribution in [2.24, 2.45) is 0 Å². The highest BCUT2D eigenvalue weighted by Crippen LogP contribution is 2.32. The highest BCUT2D eigenvalue weighted by Gasteiger charge is 2.22. The first-order chi connectivity index (χ1) is 13.8. The van der Waals surface area contributed by atoms with Crippen LogP contribution in [0.2, 0.25) is 0 Å². The lowest BCUT2D eigenvalue weighted by molar-refractivity contribution is 0.192. The van der Waals surface area contributed by atoms with Crippen molar-refractivity contribution in [1.82, 2.24) is 9.88 Å². The van der Waals surface area contributed by atoms with Gasteiger partial charge >= 0.3 is 0 Å². The van der Waals surface area contributed by atoms with Crippen LogP contribution in [0.15, 0.2) is 72.2 Å². The third-order valence-corrected chi connectivity index (χ3v) is 6.39. The molecule has 0 bridgehead atoms. The summed E-state index contributed by atoms with van der Waals surface area (Å²) in [6, 6.07) is 23.5. The van der Waals surface area contributed by atoms with Crippen molar-refractivity contribution in [3.8, 4) is 11.5 Å². The molecule has 0 aliphatic carbocycles. The Bertz CT molecular complexity index is 1110. The maximum absolute atomic E-state index is 6.00. The van der Waals surface area contributed by atoms with Crippen LogP contribution in [0.3, 0.4) is 0 Å². The van der Waals surface area contributed by atoms with E-state index in [0.29, 0.717) is 6.04 Å². The van der Waals surface area contributed by atoms with Crippen molar-refractivity contribution in [1.29, 1.82) is 0 Å². The topological polar surface area (TPSA) is 25.4 Å². The number of aromatic nitrogens is 1. The highest BCUT2D eigenvalue weighted by molar-refractivity contribution is 7.16. The van der Waals surface area contributed by atoms with Crippen LogP contribution in [-0.4, -0.2) is 16.4 Å². The number of fused-ring (bicyclic) bond motifs is 2. The number of hydrogen-bond acceptors (Lipinski definition) is 4. The highest BCUT2D eigenvalue weighted by atomic mass is 32.1. The van der Waals surface area contributed by atoms with Gasteiger partial charge in [-0.1, -0.05) is 30.3 Å². The predicted molar refractivity (Wildman–Crippen MR) is 115 cm³/mol. The molecule has 0 saturated heterocycles. The van der Waals surface area contributed by atoms with Crippen molar-refractivity contribution in [3.05, 3.63) is 88.9 Å². The lowest BCUT2D eigenvalue weighted by Crippen LogP contribution is -2.32. The number of ether oxygens (including phenoxy) is 1. The number of para-hydroxylation sites is 1. The zero-order valence-electron chi connectivity index (χ0n) is 15.8. The van der Waals surface area contributed by atoms with E-state index in [0.717, 1.165) is 36.5 Å². The van der Waals surface area contributed by atoms with E-state index in [9.17, 15) is 0 Å². The van der Waals surface area contributed by atoms with Gasteiger partial charge in [-0.05, 0) is 66.4 Å². The first-order valence-electron chi connectivity index (χ1n) is 9.68. The minimum atomic E-state index is 0.375. The van der Waals surface area contributed by atoms with E-state index in [-0.39, 0.29) is 0 Å². The molecule has 0 N–H and O–H groups in total. The van der Waals surface area contributed by atoms with E-state index >= 15 is 0 Å². The van der Waals surface area contributed by atoms with Gasteiger partial charge in [-0.15, -0.1) is 11.3 Å². The molecule has 2 heterocycles. The molecule has 0 radical (unpaired) electrons. The molecule has 3 aromatic carbocycles. The van der Waals surface area contributed by atoms with Crippen LogP contribution < -0.4 is 4.74 Å². The SMILES string of the molecule is CC(c1ccc2scnc2c1)N1CCc2cc(Oc3ccccc3)ccc2C1. The summed E-state index contributed by atoms with van der Waals surface area (Å²) >= 11 is 1.70. The third kappa shape index (κ3) is 3.41. The van der Waals surface area contributed by atoms with Crippen LogP contribution in [0.25, 0.3) is 10.2 Å². The molecule has 4 aromatic rings. The Morgan fingerprint density at radius 2 is 1.86 bits per heavy atom. The molecule has 1 aliphatic heterocycles. The van der Waals surface area contributed by atoms with E-state index in [1.165, 1.54) is 21.4 Å². The van der Waals surface area contributed by atoms with Gasteiger partial charge in [0.2, 0.25) is 0 Å². The number of rotatable bonds is 4. The molecule has 0 saturated carbocycles. The van der Waals surface area contributed by atoms with Gasteiger partial charge in [0.25, 0.3) is 0 Å². The van der Waals surface area contributed by atoms with Gasteiger partial charge in [0, 0.05) is 19.1 Å². The normalized spacial score (nSPS) is 15.3. The van der Waals surface area contributed by atoms with E-state index in [1.807, 2.05) is 35.8 Å². The Balaban J connectivity index is 1.33. The molecule has 1 aromatic heterocycles. The average Bonchev–Trinajstić information content (AvgIpc) is 3.21. The van der Waals surface area contributed by atoms with Gasteiger partial charge in [0.1, 0.15) is 11.5 Å². The lowest BCUT2D eigenvalue weighted by atomic mass is 9.96. The lowest BCUT2D eigenvalue weighted by Gasteiger charge is -2.34. The van der Waals surface area contributed by atoms with Crippen LogP contribution in [0.4, 0.5) is 0 Å². The number of hydrogen-bond donors (Lipinski definition) is 0. The summed E-state index contributed by atoms with van der Waals surface area (Å²) in [5.41, 5.74) is 7.16. The van der Waals surface area contributed by atoms with E-state index in [1.54, 1.807) is 11.3 Å². The average molecular weight is 387 g/mol. The van der Waals surface area contributed by atoms with Crippen LogP contribution >= 0.6 is 11.3 Å². The zero-order valence-corrected chi connectivity index (χ0v) is 16.7. The smallest absolute Gasteiger partial charge is 0.127 e. The monoisotopic (exact) mass is 386 g/mol. The molecule has 1 unspecified atom stereocenters. The summed E-state index contributed by atoms with van der Waals surface area (Å²) in [5.74, 6) is 1.80. The Labute approximate surface area is 169 Å². The molecular weight excluding hydrogens is 364 g/mol. The molecule has 0 fully saturated rings. The molecule has 0 spiro atoms. The first kappa shape index (κ1) is 17.4. The largest absolute Gasteiger partial charge is 0.457 e. The number of thiazole rings is 1. The van der Waals surface area contributed by atoms with Crippen LogP contribution in [0.5, 0.6) is 11.5 Å². The molecule has 28 heavy (non-hydrogen) atoms. The van der Waals surface area contributed by atoms with E-state index in [2.05, 4.69) is 53.2 Å². The molecular formula is C24H22N2OS. The summed E-state index contributed by atoms with van der Waals surface area (Å²) in [4.78, 5) is 7.02. The van der Waals surface area contributed by atoms with Crippen molar-refractivity contribution in [2.45, 2.75) is 25.9 Å². The summed E-state index contributed by atoms with van der Waals surface area (Å²) in [5, 5.41) is 0. The van der Waals surface area contributed by atoms with Crippen molar-refractivity contribution < 1.29 is 4.74 Å². The standard InChI is InChI=1S/C24H22N2OS/c1-17(18-8-10-24-23(14-18)25-16-28-24)26-12-11-19-13-22(9-7-20(19)15-26)27-21-5-3-2-4-6-21/h2-10,13-14,16-17H,11-12,15H2,1H3. The summed E-state index contributed by atoms with van der Waals surface area (Å²) in [7, 11) is 0. The predicted octanol–water partition coefficient (Wildman–Crippen LogP) is 6.21. The second-order valence-corrected chi connectivity index (χ2v) is 8.21. The van der Waals surface area contributed by atoms with Gasteiger partial charge in [-0.25, -0.2) is 4.98 Å². The minimum absolute atomic E-state index is 0.375. The second kappa shape index (κ2) is 7.38. The van der Waals surface area contributed by atoms with Gasteiger partial charge < -0.3 is 4.74 Å². The molecule has 5 rings (SSSR count). The minimum Gasteiger partial charge on any atom is -0.457 e.